The number of rotatable bonds is 6. The van der Waals surface area contributed by atoms with Crippen LogP contribution in [0.15, 0.2) is 54.6 Å². The minimum absolute atomic E-state index is 0.0491. The number of aromatic nitrogens is 2. The van der Waals surface area contributed by atoms with E-state index in [2.05, 4.69) is 20.6 Å². The van der Waals surface area contributed by atoms with Crippen molar-refractivity contribution in [3.05, 3.63) is 66.0 Å². The molecule has 0 saturated carbocycles. The fourth-order valence-electron chi connectivity index (χ4n) is 2.67. The molecular weight excluding hydrogens is 384 g/mol. The fraction of sp³-hybridized carbons (Fsp3) is 0.238. The average molecular weight is 404 g/mol. The number of para-hydroxylation sites is 1. The predicted molar refractivity (Wildman–Crippen MR) is 106 cm³/mol. The molecule has 1 aromatic heterocycles. The van der Waals surface area contributed by atoms with E-state index in [9.17, 15) is 17.6 Å². The quantitative estimate of drug-likeness (QED) is 0.477. The smallest absolute Gasteiger partial charge is 0.352 e. The van der Waals surface area contributed by atoms with Crippen molar-refractivity contribution in [2.75, 3.05) is 10.6 Å². The van der Waals surface area contributed by atoms with Gasteiger partial charge in [-0.1, -0.05) is 43.3 Å². The number of hydrogen-bond acceptors (Lipinski definition) is 4. The number of benzene rings is 2. The van der Waals surface area contributed by atoms with E-state index in [1.807, 2.05) is 44.2 Å². The molecule has 0 unspecified atom stereocenters. The molecule has 152 valence electrons. The Morgan fingerprint density at radius 3 is 2.38 bits per heavy atom. The Kier molecular flexibility index (Phi) is 6.00. The standard InChI is InChI=1S/C21H20F4N4/c1-3-13(2)26-20-27-17(14-8-5-4-6-9-14)12-18(29-20)28-19-15(21(23,24)25)10-7-11-16(19)22/h4-13H,3H2,1-2H3,(H2,26,27,28,29)/t13-/m1/s1. The van der Waals surface area contributed by atoms with Crippen molar-refractivity contribution < 1.29 is 17.6 Å². The molecule has 0 aliphatic carbocycles. The molecule has 4 nitrogen and oxygen atoms in total. The monoisotopic (exact) mass is 404 g/mol. The van der Waals surface area contributed by atoms with E-state index in [0.29, 0.717) is 5.69 Å². The molecule has 1 heterocycles. The maximum absolute atomic E-state index is 14.2. The lowest BCUT2D eigenvalue weighted by Gasteiger charge is -2.17. The molecule has 2 aromatic carbocycles. The van der Waals surface area contributed by atoms with Crippen molar-refractivity contribution in [2.45, 2.75) is 32.5 Å². The lowest BCUT2D eigenvalue weighted by Crippen LogP contribution is -2.17. The van der Waals surface area contributed by atoms with Crippen LogP contribution >= 0.6 is 0 Å². The van der Waals surface area contributed by atoms with E-state index in [-0.39, 0.29) is 17.8 Å². The highest BCUT2D eigenvalue weighted by Gasteiger charge is 2.35. The molecule has 0 saturated heterocycles. The van der Waals surface area contributed by atoms with Gasteiger partial charge in [-0.3, -0.25) is 0 Å². The van der Waals surface area contributed by atoms with E-state index in [1.165, 1.54) is 6.07 Å². The van der Waals surface area contributed by atoms with Gasteiger partial charge in [-0.05, 0) is 25.5 Å². The molecular formula is C21H20F4N4. The summed E-state index contributed by atoms with van der Waals surface area (Å²) < 4.78 is 54.2. The van der Waals surface area contributed by atoms with Gasteiger partial charge < -0.3 is 10.6 Å². The van der Waals surface area contributed by atoms with Crippen LogP contribution in [0.4, 0.5) is 35.0 Å². The molecule has 0 aliphatic heterocycles. The summed E-state index contributed by atoms with van der Waals surface area (Å²) in [6.07, 6.45) is -3.91. The summed E-state index contributed by atoms with van der Waals surface area (Å²) in [5.74, 6) is -0.718. The molecule has 0 spiro atoms. The summed E-state index contributed by atoms with van der Waals surface area (Å²) in [5, 5.41) is 5.61. The molecule has 0 aliphatic rings. The Hall–Kier alpha value is -3.16. The third-order valence-corrected chi connectivity index (χ3v) is 4.36. The first-order chi connectivity index (χ1) is 13.8. The van der Waals surface area contributed by atoms with Crippen molar-refractivity contribution in [1.82, 2.24) is 9.97 Å². The molecule has 1 atom stereocenters. The lowest BCUT2D eigenvalue weighted by molar-refractivity contribution is -0.137. The van der Waals surface area contributed by atoms with Gasteiger partial charge in [0.1, 0.15) is 11.6 Å². The van der Waals surface area contributed by atoms with Crippen molar-refractivity contribution in [3.8, 4) is 11.3 Å². The van der Waals surface area contributed by atoms with E-state index in [0.717, 1.165) is 30.2 Å². The van der Waals surface area contributed by atoms with Gasteiger partial charge in [0.25, 0.3) is 0 Å². The Bertz CT molecular complexity index is 974. The zero-order valence-electron chi connectivity index (χ0n) is 15.9. The summed E-state index contributed by atoms with van der Waals surface area (Å²) in [6.45, 7) is 3.91. The summed E-state index contributed by atoms with van der Waals surface area (Å²) in [4.78, 5) is 8.69. The van der Waals surface area contributed by atoms with Crippen molar-refractivity contribution >= 4 is 17.5 Å². The van der Waals surface area contributed by atoms with Crippen LogP contribution < -0.4 is 10.6 Å². The first-order valence-corrected chi connectivity index (χ1v) is 9.11. The Labute approximate surface area is 166 Å². The van der Waals surface area contributed by atoms with E-state index >= 15 is 0 Å². The van der Waals surface area contributed by atoms with Gasteiger partial charge in [-0.15, -0.1) is 0 Å². The zero-order valence-corrected chi connectivity index (χ0v) is 15.9. The van der Waals surface area contributed by atoms with Crippen LogP contribution in [0.5, 0.6) is 0 Å². The highest BCUT2D eigenvalue weighted by Crippen LogP contribution is 2.37. The van der Waals surface area contributed by atoms with Gasteiger partial charge in [0.05, 0.1) is 16.9 Å². The molecule has 8 heteroatoms. The third kappa shape index (κ3) is 5.01. The van der Waals surface area contributed by atoms with Crippen LogP contribution in [0.1, 0.15) is 25.8 Å². The summed E-state index contributed by atoms with van der Waals surface area (Å²) >= 11 is 0. The average Bonchev–Trinajstić information content (AvgIpc) is 2.69. The van der Waals surface area contributed by atoms with Crippen LogP contribution in [0.3, 0.4) is 0 Å². The maximum atomic E-state index is 14.2. The van der Waals surface area contributed by atoms with E-state index in [4.69, 9.17) is 0 Å². The predicted octanol–water partition coefficient (Wildman–Crippen LogP) is 6.26. The number of nitrogens with one attached hydrogen (secondary N) is 2. The molecule has 0 radical (unpaired) electrons. The van der Waals surface area contributed by atoms with Gasteiger partial charge in [-0.2, -0.15) is 18.2 Å². The molecule has 3 aromatic rings. The number of hydrogen-bond donors (Lipinski definition) is 2. The first kappa shape index (κ1) is 20.6. The third-order valence-electron chi connectivity index (χ3n) is 4.36. The van der Waals surface area contributed by atoms with Gasteiger partial charge in [-0.25, -0.2) is 9.37 Å². The van der Waals surface area contributed by atoms with Crippen LogP contribution in [-0.4, -0.2) is 16.0 Å². The van der Waals surface area contributed by atoms with Gasteiger partial charge >= 0.3 is 6.18 Å². The molecule has 0 bridgehead atoms. The maximum Gasteiger partial charge on any atom is 0.418 e. The van der Waals surface area contributed by atoms with Gasteiger partial charge in [0.2, 0.25) is 5.95 Å². The van der Waals surface area contributed by atoms with Crippen LogP contribution in [0.25, 0.3) is 11.3 Å². The SMILES string of the molecule is CC[C@@H](C)Nc1nc(Nc2c(F)cccc2C(F)(F)F)cc(-c2ccccc2)n1. The lowest BCUT2D eigenvalue weighted by atomic mass is 10.1. The Balaban J connectivity index is 2.07. The number of halogens is 4. The van der Waals surface area contributed by atoms with Crippen LogP contribution in [-0.2, 0) is 6.18 Å². The summed E-state index contributed by atoms with van der Waals surface area (Å²) in [5.41, 5.74) is -0.519. The number of anilines is 3. The Morgan fingerprint density at radius 2 is 1.72 bits per heavy atom. The second-order valence-corrected chi connectivity index (χ2v) is 6.57. The molecule has 2 N–H and O–H groups in total. The largest absolute Gasteiger partial charge is 0.418 e. The van der Waals surface area contributed by atoms with E-state index < -0.39 is 23.2 Å². The molecule has 0 fully saturated rings. The minimum Gasteiger partial charge on any atom is -0.352 e. The first-order valence-electron chi connectivity index (χ1n) is 9.11. The second-order valence-electron chi connectivity index (χ2n) is 6.57. The van der Waals surface area contributed by atoms with Crippen LogP contribution in [0.2, 0.25) is 0 Å². The zero-order chi connectivity index (χ0) is 21.0. The van der Waals surface area contributed by atoms with Crippen LogP contribution in [0, 0.1) is 5.82 Å². The summed E-state index contributed by atoms with van der Waals surface area (Å²) in [7, 11) is 0. The van der Waals surface area contributed by atoms with Gasteiger partial charge in [0.15, 0.2) is 0 Å². The minimum atomic E-state index is -4.71. The van der Waals surface area contributed by atoms with E-state index in [1.54, 1.807) is 0 Å². The Morgan fingerprint density at radius 1 is 1.00 bits per heavy atom. The number of alkyl halides is 3. The van der Waals surface area contributed by atoms with Crippen molar-refractivity contribution in [3.63, 3.8) is 0 Å². The van der Waals surface area contributed by atoms with Crippen molar-refractivity contribution in [2.24, 2.45) is 0 Å². The normalized spacial score (nSPS) is 12.5. The fourth-order valence-corrected chi connectivity index (χ4v) is 2.67. The highest BCUT2D eigenvalue weighted by molar-refractivity contribution is 5.69. The topological polar surface area (TPSA) is 49.8 Å². The molecule has 0 amide bonds. The second kappa shape index (κ2) is 8.46. The molecule has 29 heavy (non-hydrogen) atoms. The highest BCUT2D eigenvalue weighted by atomic mass is 19.4. The summed E-state index contributed by atoms with van der Waals surface area (Å²) in [6, 6.07) is 13.5. The van der Waals surface area contributed by atoms with Crippen molar-refractivity contribution in [1.29, 1.82) is 0 Å². The number of nitrogens with zero attached hydrogens (tertiary/aromatic N) is 2. The molecule has 3 rings (SSSR count). The van der Waals surface area contributed by atoms with Gasteiger partial charge in [0, 0.05) is 17.7 Å².